The lowest BCUT2D eigenvalue weighted by molar-refractivity contribution is -0.108. The summed E-state index contributed by atoms with van der Waals surface area (Å²) in [6.45, 7) is 5.45. The van der Waals surface area contributed by atoms with Crippen LogP contribution < -0.4 is 5.73 Å². The third-order valence-corrected chi connectivity index (χ3v) is 0.759. The number of nitrogens with two attached hydrogens (primary N) is 1. The molecule has 0 heterocycles. The predicted molar refractivity (Wildman–Crippen MR) is 33.5 cm³/mol. The molecule has 0 aliphatic rings. The lowest BCUT2D eigenvalue weighted by Crippen LogP contribution is -2.21. The van der Waals surface area contributed by atoms with Gasteiger partial charge in [-0.05, 0) is 13.3 Å². The molecule has 0 fully saturated rings. The molecule has 0 aromatic carbocycles. The minimum atomic E-state index is -0.354. The van der Waals surface area contributed by atoms with Crippen molar-refractivity contribution in [1.82, 2.24) is 0 Å². The van der Waals surface area contributed by atoms with Crippen molar-refractivity contribution >= 4 is 6.29 Å². The molecule has 2 N–H and O–H groups in total. The molecule has 0 aliphatic heterocycles. The number of aldehydes is 1. The Kier molecular flexibility index (Phi) is 3.12. The third kappa shape index (κ3) is 3.56. The zero-order valence-corrected chi connectivity index (χ0v) is 5.05. The molecule has 0 amide bonds. The molecule has 0 radical (unpaired) electrons. The monoisotopic (exact) mass is 113 g/mol. The van der Waals surface area contributed by atoms with Gasteiger partial charge in [0.25, 0.3) is 0 Å². The van der Waals surface area contributed by atoms with E-state index in [1.807, 2.05) is 6.92 Å². The highest BCUT2D eigenvalue weighted by Gasteiger charge is 1.96. The highest BCUT2D eigenvalue weighted by atomic mass is 16.1. The van der Waals surface area contributed by atoms with Crippen LogP contribution >= 0.6 is 0 Å². The van der Waals surface area contributed by atoms with Gasteiger partial charge in [0.15, 0.2) is 0 Å². The van der Waals surface area contributed by atoms with Gasteiger partial charge < -0.3 is 10.5 Å². The Labute approximate surface area is 49.4 Å². The summed E-state index contributed by atoms with van der Waals surface area (Å²) < 4.78 is 0. The Morgan fingerprint density at radius 3 is 2.62 bits per heavy atom. The van der Waals surface area contributed by atoms with Gasteiger partial charge in [0.2, 0.25) is 0 Å². The summed E-state index contributed by atoms with van der Waals surface area (Å²) >= 11 is 0. The molecule has 2 heteroatoms. The number of carbonyl (C=O) groups excluding carboxylic acids is 1. The Bertz CT molecular complexity index is 98.7. The first kappa shape index (κ1) is 7.37. The molecule has 0 bridgehead atoms. The molecule has 46 valence electrons. The quantitative estimate of drug-likeness (QED) is 0.427. The van der Waals surface area contributed by atoms with Crippen LogP contribution in [0.4, 0.5) is 0 Å². The maximum atomic E-state index is 9.87. The Hall–Kier alpha value is -0.630. The molecule has 0 saturated carbocycles. The van der Waals surface area contributed by atoms with Gasteiger partial charge in [-0.2, -0.15) is 0 Å². The molecule has 0 saturated heterocycles. The van der Waals surface area contributed by atoms with E-state index >= 15 is 0 Å². The highest BCUT2D eigenvalue weighted by molar-refractivity contribution is 5.57. The van der Waals surface area contributed by atoms with Gasteiger partial charge in [0, 0.05) is 0 Å². The van der Waals surface area contributed by atoms with E-state index < -0.39 is 0 Å². The molecule has 0 unspecified atom stereocenters. The number of rotatable bonds is 3. The standard InChI is InChI=1S/C6H11NO/c1-5(2)3-6(7)4-8/h4,6H,1,3,7H2,2H3/t6-/m0/s1. The summed E-state index contributed by atoms with van der Waals surface area (Å²) in [5, 5.41) is 0. The summed E-state index contributed by atoms with van der Waals surface area (Å²) in [7, 11) is 0. The molecular formula is C6H11NO. The second-order valence-electron chi connectivity index (χ2n) is 1.96. The van der Waals surface area contributed by atoms with Gasteiger partial charge in [-0.3, -0.25) is 0 Å². The molecule has 0 spiro atoms. The maximum absolute atomic E-state index is 9.87. The second-order valence-corrected chi connectivity index (χ2v) is 1.96. The Morgan fingerprint density at radius 1 is 2.00 bits per heavy atom. The Morgan fingerprint density at radius 2 is 2.50 bits per heavy atom. The van der Waals surface area contributed by atoms with Crippen molar-refractivity contribution in [1.29, 1.82) is 0 Å². The van der Waals surface area contributed by atoms with E-state index in [0.717, 1.165) is 11.9 Å². The SMILES string of the molecule is C=C(C)C[C@H](N)C=O. The minimum absolute atomic E-state index is 0.354. The predicted octanol–water partition coefficient (Wildman–Crippen LogP) is 0.479. The normalized spacial score (nSPS) is 12.8. The average molecular weight is 113 g/mol. The lowest BCUT2D eigenvalue weighted by Gasteiger charge is -1.99. The summed E-state index contributed by atoms with van der Waals surface area (Å²) in [5.74, 6) is 0. The first-order chi connectivity index (χ1) is 3.66. The molecular weight excluding hydrogens is 102 g/mol. The van der Waals surface area contributed by atoms with Gasteiger partial charge in [-0.25, -0.2) is 0 Å². The van der Waals surface area contributed by atoms with Crippen LogP contribution in [0.3, 0.4) is 0 Å². The van der Waals surface area contributed by atoms with E-state index in [2.05, 4.69) is 6.58 Å². The van der Waals surface area contributed by atoms with Crippen LogP contribution in [0.15, 0.2) is 12.2 Å². The maximum Gasteiger partial charge on any atom is 0.137 e. The smallest absolute Gasteiger partial charge is 0.137 e. The van der Waals surface area contributed by atoms with Crippen LogP contribution in [0.1, 0.15) is 13.3 Å². The van der Waals surface area contributed by atoms with Gasteiger partial charge in [0.1, 0.15) is 6.29 Å². The highest BCUT2D eigenvalue weighted by Crippen LogP contribution is 1.95. The van der Waals surface area contributed by atoms with Crippen LogP contribution in [0.5, 0.6) is 0 Å². The molecule has 8 heavy (non-hydrogen) atoms. The van der Waals surface area contributed by atoms with Gasteiger partial charge in [-0.1, -0.05) is 5.57 Å². The molecule has 0 aliphatic carbocycles. The fourth-order valence-electron chi connectivity index (χ4n) is 0.450. The summed E-state index contributed by atoms with van der Waals surface area (Å²) in [6.07, 6.45) is 1.33. The summed E-state index contributed by atoms with van der Waals surface area (Å²) in [6, 6.07) is -0.354. The van der Waals surface area contributed by atoms with Crippen molar-refractivity contribution in [3.8, 4) is 0 Å². The number of hydrogen-bond donors (Lipinski definition) is 1. The van der Waals surface area contributed by atoms with E-state index in [0.29, 0.717) is 6.42 Å². The zero-order valence-electron chi connectivity index (χ0n) is 5.05. The molecule has 1 atom stereocenters. The molecule has 0 aromatic rings. The minimum Gasteiger partial charge on any atom is -0.321 e. The topological polar surface area (TPSA) is 43.1 Å². The van der Waals surface area contributed by atoms with E-state index in [1.54, 1.807) is 0 Å². The van der Waals surface area contributed by atoms with E-state index in [1.165, 1.54) is 0 Å². The second kappa shape index (κ2) is 3.38. The number of hydrogen-bond acceptors (Lipinski definition) is 2. The van der Waals surface area contributed by atoms with Crippen molar-refractivity contribution in [2.24, 2.45) is 5.73 Å². The van der Waals surface area contributed by atoms with Crippen LogP contribution in [-0.4, -0.2) is 12.3 Å². The van der Waals surface area contributed by atoms with Crippen molar-refractivity contribution in [2.45, 2.75) is 19.4 Å². The van der Waals surface area contributed by atoms with Crippen molar-refractivity contribution in [2.75, 3.05) is 0 Å². The van der Waals surface area contributed by atoms with Crippen molar-refractivity contribution in [3.63, 3.8) is 0 Å². The van der Waals surface area contributed by atoms with E-state index in [9.17, 15) is 4.79 Å². The average Bonchev–Trinajstić information content (AvgIpc) is 1.65. The van der Waals surface area contributed by atoms with Gasteiger partial charge in [-0.15, -0.1) is 6.58 Å². The van der Waals surface area contributed by atoms with Crippen LogP contribution in [0.25, 0.3) is 0 Å². The fourth-order valence-corrected chi connectivity index (χ4v) is 0.450. The first-order valence-corrected chi connectivity index (χ1v) is 2.52. The van der Waals surface area contributed by atoms with Crippen LogP contribution in [0.2, 0.25) is 0 Å². The molecule has 2 nitrogen and oxygen atoms in total. The van der Waals surface area contributed by atoms with Gasteiger partial charge in [0.05, 0.1) is 6.04 Å². The first-order valence-electron chi connectivity index (χ1n) is 2.52. The van der Waals surface area contributed by atoms with E-state index in [4.69, 9.17) is 5.73 Å². The summed E-state index contributed by atoms with van der Waals surface area (Å²) in [5.41, 5.74) is 6.19. The van der Waals surface area contributed by atoms with Crippen molar-refractivity contribution in [3.05, 3.63) is 12.2 Å². The van der Waals surface area contributed by atoms with E-state index in [-0.39, 0.29) is 6.04 Å². The molecule has 0 rings (SSSR count). The molecule has 0 aromatic heterocycles. The zero-order chi connectivity index (χ0) is 6.57. The summed E-state index contributed by atoms with van der Waals surface area (Å²) in [4.78, 5) is 9.87. The van der Waals surface area contributed by atoms with Crippen LogP contribution in [0, 0.1) is 0 Å². The van der Waals surface area contributed by atoms with Gasteiger partial charge >= 0.3 is 0 Å². The third-order valence-electron chi connectivity index (χ3n) is 0.759. The van der Waals surface area contributed by atoms with Crippen molar-refractivity contribution < 1.29 is 4.79 Å². The lowest BCUT2D eigenvalue weighted by atomic mass is 10.1. The van der Waals surface area contributed by atoms with Crippen LogP contribution in [-0.2, 0) is 4.79 Å². The largest absolute Gasteiger partial charge is 0.321 e. The number of carbonyl (C=O) groups is 1. The Balaban J connectivity index is 3.38. The fraction of sp³-hybridized carbons (Fsp3) is 0.500.